The lowest BCUT2D eigenvalue weighted by molar-refractivity contribution is -0.0329. The van der Waals surface area contributed by atoms with Gasteiger partial charge in [-0.1, -0.05) is 0 Å². The fourth-order valence-electron chi connectivity index (χ4n) is 1.28. The standard InChI is InChI=1S/C7H16N2O2/c1-6(10)5-9-3-2-8-4-7(9)11/h6-8,10-11H,2-5H2,1H3. The average Bonchev–Trinajstić information content (AvgIpc) is 1.93. The van der Waals surface area contributed by atoms with Crippen LogP contribution in [-0.4, -0.2) is 53.6 Å². The number of aliphatic hydroxyl groups excluding tert-OH is 2. The Morgan fingerprint density at radius 3 is 3.00 bits per heavy atom. The zero-order valence-corrected chi connectivity index (χ0v) is 6.82. The summed E-state index contributed by atoms with van der Waals surface area (Å²) in [6.45, 7) is 4.60. The van der Waals surface area contributed by atoms with Gasteiger partial charge in [0.25, 0.3) is 0 Å². The molecule has 0 bridgehead atoms. The summed E-state index contributed by atoms with van der Waals surface area (Å²) in [5, 5.41) is 21.5. The van der Waals surface area contributed by atoms with Crippen LogP contribution in [0.2, 0.25) is 0 Å². The lowest BCUT2D eigenvalue weighted by Crippen LogP contribution is -2.52. The smallest absolute Gasteiger partial charge is 0.120 e. The number of hydrogen-bond donors (Lipinski definition) is 3. The third-order valence-corrected chi connectivity index (χ3v) is 1.82. The van der Waals surface area contributed by atoms with Gasteiger partial charge in [-0.05, 0) is 6.92 Å². The Morgan fingerprint density at radius 2 is 2.45 bits per heavy atom. The first-order valence-electron chi connectivity index (χ1n) is 4.01. The molecule has 1 aliphatic rings. The van der Waals surface area contributed by atoms with Crippen molar-refractivity contribution < 1.29 is 10.2 Å². The molecule has 0 amide bonds. The first-order chi connectivity index (χ1) is 5.20. The minimum atomic E-state index is -0.432. The maximum atomic E-state index is 9.37. The van der Waals surface area contributed by atoms with Crippen molar-refractivity contribution in [2.24, 2.45) is 0 Å². The van der Waals surface area contributed by atoms with Crippen LogP contribution >= 0.6 is 0 Å². The van der Waals surface area contributed by atoms with Crippen LogP contribution in [0.25, 0.3) is 0 Å². The lowest BCUT2D eigenvalue weighted by atomic mass is 10.3. The molecule has 1 saturated heterocycles. The van der Waals surface area contributed by atoms with Gasteiger partial charge in [0.05, 0.1) is 6.10 Å². The Bertz CT molecular complexity index is 119. The van der Waals surface area contributed by atoms with E-state index in [9.17, 15) is 5.11 Å². The predicted molar refractivity (Wildman–Crippen MR) is 42.1 cm³/mol. The van der Waals surface area contributed by atoms with Gasteiger partial charge in [-0.2, -0.15) is 0 Å². The summed E-state index contributed by atoms with van der Waals surface area (Å²) in [6, 6.07) is 0. The minimum absolute atomic E-state index is 0.359. The summed E-state index contributed by atoms with van der Waals surface area (Å²) < 4.78 is 0. The van der Waals surface area contributed by atoms with Gasteiger partial charge in [-0.3, -0.25) is 4.90 Å². The summed E-state index contributed by atoms with van der Waals surface area (Å²) >= 11 is 0. The van der Waals surface area contributed by atoms with Crippen molar-refractivity contribution in [3.63, 3.8) is 0 Å². The van der Waals surface area contributed by atoms with Gasteiger partial charge in [0, 0.05) is 26.2 Å². The molecule has 0 saturated carbocycles. The Balaban J connectivity index is 2.29. The highest BCUT2D eigenvalue weighted by Crippen LogP contribution is 2.00. The second kappa shape index (κ2) is 4.01. The molecule has 1 rings (SSSR count). The molecule has 1 heterocycles. The summed E-state index contributed by atoms with van der Waals surface area (Å²) in [6.07, 6.45) is -0.791. The number of piperazine rings is 1. The molecule has 0 aromatic carbocycles. The van der Waals surface area contributed by atoms with Gasteiger partial charge in [0.15, 0.2) is 0 Å². The molecule has 2 unspecified atom stereocenters. The Morgan fingerprint density at radius 1 is 1.73 bits per heavy atom. The zero-order valence-electron chi connectivity index (χ0n) is 6.82. The van der Waals surface area contributed by atoms with E-state index in [4.69, 9.17) is 5.11 Å². The molecule has 1 aliphatic heterocycles. The van der Waals surface area contributed by atoms with Crippen LogP contribution in [0.15, 0.2) is 0 Å². The summed E-state index contributed by atoms with van der Waals surface area (Å²) in [4.78, 5) is 1.88. The van der Waals surface area contributed by atoms with Crippen LogP contribution in [0.3, 0.4) is 0 Å². The monoisotopic (exact) mass is 160 g/mol. The molecule has 0 aliphatic carbocycles. The molecule has 0 radical (unpaired) electrons. The largest absolute Gasteiger partial charge is 0.392 e. The zero-order chi connectivity index (χ0) is 8.27. The number of aliphatic hydroxyl groups is 2. The fourth-order valence-corrected chi connectivity index (χ4v) is 1.28. The fraction of sp³-hybridized carbons (Fsp3) is 1.00. The quantitative estimate of drug-likeness (QED) is 0.464. The van der Waals surface area contributed by atoms with Gasteiger partial charge in [-0.15, -0.1) is 0 Å². The summed E-state index contributed by atoms with van der Waals surface area (Å²) in [7, 11) is 0. The van der Waals surface area contributed by atoms with E-state index in [0.29, 0.717) is 13.1 Å². The van der Waals surface area contributed by atoms with Crippen molar-refractivity contribution in [1.82, 2.24) is 10.2 Å². The van der Waals surface area contributed by atoms with Crippen molar-refractivity contribution in [1.29, 1.82) is 0 Å². The van der Waals surface area contributed by atoms with Crippen LogP contribution < -0.4 is 5.32 Å². The van der Waals surface area contributed by atoms with Crippen molar-refractivity contribution in [3.8, 4) is 0 Å². The van der Waals surface area contributed by atoms with Gasteiger partial charge in [0.1, 0.15) is 6.23 Å². The highest BCUT2D eigenvalue weighted by atomic mass is 16.3. The van der Waals surface area contributed by atoms with Crippen LogP contribution in [0, 0.1) is 0 Å². The Labute approximate surface area is 66.8 Å². The SMILES string of the molecule is CC(O)CN1CCNCC1O. The molecule has 0 aromatic heterocycles. The molecule has 0 aromatic rings. The highest BCUT2D eigenvalue weighted by molar-refractivity contribution is 4.72. The van der Waals surface area contributed by atoms with Crippen LogP contribution in [-0.2, 0) is 0 Å². The number of nitrogens with zero attached hydrogens (tertiary/aromatic N) is 1. The van der Waals surface area contributed by atoms with E-state index in [1.165, 1.54) is 0 Å². The lowest BCUT2D eigenvalue weighted by Gasteiger charge is -2.33. The second-order valence-corrected chi connectivity index (χ2v) is 3.03. The van der Waals surface area contributed by atoms with Crippen molar-refractivity contribution >= 4 is 0 Å². The van der Waals surface area contributed by atoms with E-state index in [-0.39, 0.29) is 6.10 Å². The van der Waals surface area contributed by atoms with Crippen LogP contribution in [0.1, 0.15) is 6.92 Å². The third kappa shape index (κ3) is 2.75. The Kier molecular flexibility index (Phi) is 3.26. The maximum absolute atomic E-state index is 9.37. The van der Waals surface area contributed by atoms with Gasteiger partial charge in [0.2, 0.25) is 0 Å². The van der Waals surface area contributed by atoms with E-state index in [1.54, 1.807) is 6.92 Å². The van der Waals surface area contributed by atoms with Gasteiger partial charge in [-0.25, -0.2) is 0 Å². The molecule has 2 atom stereocenters. The third-order valence-electron chi connectivity index (χ3n) is 1.82. The molecule has 1 fully saturated rings. The predicted octanol–water partition coefficient (Wildman–Crippen LogP) is -1.41. The number of β-amino-alcohol motifs (C(OH)–C–C–N with tert-alkyl or cyclic N) is 2. The normalized spacial score (nSPS) is 30.3. The van der Waals surface area contributed by atoms with E-state index < -0.39 is 6.23 Å². The first kappa shape index (κ1) is 8.93. The molecule has 66 valence electrons. The number of rotatable bonds is 2. The van der Waals surface area contributed by atoms with E-state index >= 15 is 0 Å². The molecule has 4 heteroatoms. The van der Waals surface area contributed by atoms with Crippen molar-refractivity contribution in [3.05, 3.63) is 0 Å². The second-order valence-electron chi connectivity index (χ2n) is 3.03. The summed E-state index contributed by atoms with van der Waals surface area (Å²) in [5.41, 5.74) is 0. The highest BCUT2D eigenvalue weighted by Gasteiger charge is 2.19. The molecular formula is C7H16N2O2. The molecule has 4 nitrogen and oxygen atoms in total. The van der Waals surface area contributed by atoms with Gasteiger partial charge >= 0.3 is 0 Å². The number of nitrogens with one attached hydrogen (secondary N) is 1. The van der Waals surface area contributed by atoms with E-state index in [0.717, 1.165) is 13.1 Å². The Hall–Kier alpha value is -0.160. The van der Waals surface area contributed by atoms with Gasteiger partial charge < -0.3 is 15.5 Å². The van der Waals surface area contributed by atoms with E-state index in [1.807, 2.05) is 4.90 Å². The molecular weight excluding hydrogens is 144 g/mol. The molecule has 11 heavy (non-hydrogen) atoms. The average molecular weight is 160 g/mol. The topological polar surface area (TPSA) is 55.7 Å². The van der Waals surface area contributed by atoms with Crippen molar-refractivity contribution in [2.75, 3.05) is 26.2 Å². The minimum Gasteiger partial charge on any atom is -0.392 e. The molecule has 3 N–H and O–H groups in total. The first-order valence-corrected chi connectivity index (χ1v) is 4.01. The number of hydrogen-bond acceptors (Lipinski definition) is 4. The van der Waals surface area contributed by atoms with Crippen LogP contribution in [0.5, 0.6) is 0 Å². The van der Waals surface area contributed by atoms with Crippen LogP contribution in [0.4, 0.5) is 0 Å². The van der Waals surface area contributed by atoms with E-state index in [2.05, 4.69) is 5.32 Å². The maximum Gasteiger partial charge on any atom is 0.120 e. The molecule has 0 spiro atoms. The summed E-state index contributed by atoms with van der Waals surface area (Å²) in [5.74, 6) is 0. The van der Waals surface area contributed by atoms with Crippen molar-refractivity contribution in [2.45, 2.75) is 19.3 Å².